The van der Waals surface area contributed by atoms with Gasteiger partial charge in [0.2, 0.25) is 5.91 Å². The van der Waals surface area contributed by atoms with Crippen LogP contribution in [-0.4, -0.2) is 29.5 Å². The molecule has 0 atom stereocenters. The highest BCUT2D eigenvalue weighted by atomic mass is 16.1. The summed E-state index contributed by atoms with van der Waals surface area (Å²) in [6.45, 7) is 1.34. The van der Waals surface area contributed by atoms with Crippen molar-refractivity contribution < 1.29 is 4.79 Å². The molecule has 0 bridgehead atoms. The highest BCUT2D eigenvalue weighted by Crippen LogP contribution is 1.92. The van der Waals surface area contributed by atoms with Crippen LogP contribution in [0.2, 0.25) is 0 Å². The largest absolute Gasteiger partial charge is 0.350 e. The summed E-state index contributed by atoms with van der Waals surface area (Å²) < 4.78 is 0. The monoisotopic (exact) mass is 208 g/mol. The molecule has 15 heavy (non-hydrogen) atoms. The second-order valence-corrected chi connectivity index (χ2v) is 3.18. The summed E-state index contributed by atoms with van der Waals surface area (Å²) in [6, 6.07) is 1.79. The molecule has 0 spiro atoms. The van der Waals surface area contributed by atoms with Crippen LogP contribution in [0.25, 0.3) is 0 Å². The first kappa shape index (κ1) is 11.6. The Morgan fingerprint density at radius 2 is 2.40 bits per heavy atom. The normalized spacial score (nSPS) is 9.93. The molecular formula is C10H16N4O. The van der Waals surface area contributed by atoms with Crippen LogP contribution in [0.5, 0.6) is 0 Å². The minimum atomic E-state index is 0.0591. The predicted molar refractivity (Wildman–Crippen MR) is 57.0 cm³/mol. The quantitative estimate of drug-likeness (QED) is 0.650. The zero-order chi connectivity index (χ0) is 10.9. The molecule has 0 radical (unpaired) electrons. The van der Waals surface area contributed by atoms with Gasteiger partial charge in [0.1, 0.15) is 6.33 Å². The number of nitrogens with one attached hydrogen (secondary N) is 2. The van der Waals surface area contributed by atoms with Crippen molar-refractivity contribution in [2.45, 2.75) is 19.4 Å². The number of hydrogen-bond acceptors (Lipinski definition) is 4. The van der Waals surface area contributed by atoms with E-state index in [2.05, 4.69) is 20.6 Å². The molecule has 2 N–H and O–H groups in total. The summed E-state index contributed by atoms with van der Waals surface area (Å²) in [6.07, 6.45) is 4.54. The summed E-state index contributed by atoms with van der Waals surface area (Å²) in [5.74, 6) is 0.0591. The summed E-state index contributed by atoms with van der Waals surface area (Å²) in [4.78, 5) is 19.1. The first-order valence-electron chi connectivity index (χ1n) is 4.99. The van der Waals surface area contributed by atoms with Gasteiger partial charge in [-0.05, 0) is 26.1 Å². The third-order valence-corrected chi connectivity index (χ3v) is 1.94. The van der Waals surface area contributed by atoms with Crippen LogP contribution in [0.1, 0.15) is 18.5 Å². The lowest BCUT2D eigenvalue weighted by Gasteiger charge is -2.03. The third kappa shape index (κ3) is 5.07. The fraction of sp³-hybridized carbons (Fsp3) is 0.500. The Hall–Kier alpha value is -1.49. The molecule has 82 valence electrons. The van der Waals surface area contributed by atoms with Crippen molar-refractivity contribution in [2.75, 3.05) is 13.6 Å². The number of hydrogen-bond donors (Lipinski definition) is 2. The fourth-order valence-electron chi connectivity index (χ4n) is 1.13. The van der Waals surface area contributed by atoms with Gasteiger partial charge < -0.3 is 10.6 Å². The molecule has 0 saturated heterocycles. The molecule has 0 aliphatic heterocycles. The Labute approximate surface area is 89.3 Å². The average molecular weight is 208 g/mol. The van der Waals surface area contributed by atoms with Crippen molar-refractivity contribution >= 4 is 5.91 Å². The maximum absolute atomic E-state index is 11.3. The van der Waals surface area contributed by atoms with Gasteiger partial charge in [-0.2, -0.15) is 0 Å². The maximum Gasteiger partial charge on any atom is 0.220 e. The molecule has 0 aromatic carbocycles. The van der Waals surface area contributed by atoms with Crippen molar-refractivity contribution in [3.8, 4) is 0 Å². The predicted octanol–water partition coefficient (Wildman–Crippen LogP) is 0.0924. The second-order valence-electron chi connectivity index (χ2n) is 3.18. The Bertz CT molecular complexity index is 289. The Morgan fingerprint density at radius 1 is 1.53 bits per heavy atom. The van der Waals surface area contributed by atoms with E-state index in [0.717, 1.165) is 18.7 Å². The van der Waals surface area contributed by atoms with E-state index in [4.69, 9.17) is 0 Å². The van der Waals surface area contributed by atoms with Crippen LogP contribution in [0.15, 0.2) is 18.6 Å². The van der Waals surface area contributed by atoms with Crippen molar-refractivity contribution in [2.24, 2.45) is 0 Å². The smallest absolute Gasteiger partial charge is 0.220 e. The molecule has 1 rings (SSSR count). The molecule has 0 aliphatic carbocycles. The van der Waals surface area contributed by atoms with Crippen LogP contribution >= 0.6 is 0 Å². The van der Waals surface area contributed by atoms with Crippen molar-refractivity contribution in [1.82, 2.24) is 20.6 Å². The van der Waals surface area contributed by atoms with E-state index >= 15 is 0 Å². The third-order valence-electron chi connectivity index (χ3n) is 1.94. The van der Waals surface area contributed by atoms with Gasteiger partial charge in [0.05, 0.1) is 12.2 Å². The van der Waals surface area contributed by atoms with Crippen LogP contribution < -0.4 is 10.6 Å². The molecule has 0 fully saturated rings. The number of aromatic nitrogens is 2. The van der Waals surface area contributed by atoms with Gasteiger partial charge in [-0.1, -0.05) is 0 Å². The van der Waals surface area contributed by atoms with Gasteiger partial charge in [0.15, 0.2) is 0 Å². The van der Waals surface area contributed by atoms with Crippen molar-refractivity contribution in [3.63, 3.8) is 0 Å². The fourth-order valence-corrected chi connectivity index (χ4v) is 1.13. The first-order valence-corrected chi connectivity index (χ1v) is 4.99. The van der Waals surface area contributed by atoms with Crippen LogP contribution in [0.3, 0.4) is 0 Å². The molecule has 1 amide bonds. The summed E-state index contributed by atoms with van der Waals surface area (Å²) >= 11 is 0. The lowest BCUT2D eigenvalue weighted by atomic mass is 10.3. The van der Waals surface area contributed by atoms with Gasteiger partial charge in [-0.25, -0.2) is 9.97 Å². The van der Waals surface area contributed by atoms with E-state index in [9.17, 15) is 4.79 Å². The van der Waals surface area contributed by atoms with Crippen molar-refractivity contribution in [1.29, 1.82) is 0 Å². The van der Waals surface area contributed by atoms with E-state index in [1.807, 2.05) is 7.05 Å². The van der Waals surface area contributed by atoms with Gasteiger partial charge >= 0.3 is 0 Å². The molecule has 5 nitrogen and oxygen atoms in total. The van der Waals surface area contributed by atoms with E-state index in [1.54, 1.807) is 12.3 Å². The van der Waals surface area contributed by atoms with Gasteiger partial charge in [-0.15, -0.1) is 0 Å². The van der Waals surface area contributed by atoms with E-state index in [-0.39, 0.29) is 5.91 Å². The van der Waals surface area contributed by atoms with E-state index < -0.39 is 0 Å². The average Bonchev–Trinajstić information content (AvgIpc) is 2.28. The van der Waals surface area contributed by atoms with E-state index in [0.29, 0.717) is 13.0 Å². The number of carbonyl (C=O) groups excluding carboxylic acids is 1. The maximum atomic E-state index is 11.3. The topological polar surface area (TPSA) is 66.9 Å². The Balaban J connectivity index is 2.17. The van der Waals surface area contributed by atoms with Crippen LogP contribution in [-0.2, 0) is 11.3 Å². The summed E-state index contributed by atoms with van der Waals surface area (Å²) in [5.41, 5.74) is 0.826. The van der Waals surface area contributed by atoms with E-state index in [1.165, 1.54) is 6.33 Å². The Kier molecular flexibility index (Phi) is 5.32. The zero-order valence-electron chi connectivity index (χ0n) is 8.86. The van der Waals surface area contributed by atoms with Crippen molar-refractivity contribution in [3.05, 3.63) is 24.3 Å². The molecule has 0 aliphatic rings. The number of rotatable bonds is 6. The molecular weight excluding hydrogens is 192 g/mol. The number of nitrogens with zero attached hydrogens (tertiary/aromatic N) is 2. The van der Waals surface area contributed by atoms with Gasteiger partial charge in [0.25, 0.3) is 0 Å². The molecule has 1 heterocycles. The summed E-state index contributed by atoms with van der Waals surface area (Å²) in [7, 11) is 1.87. The SMILES string of the molecule is CNCCCC(=O)NCc1ccncn1. The molecule has 0 unspecified atom stereocenters. The zero-order valence-corrected chi connectivity index (χ0v) is 8.86. The first-order chi connectivity index (χ1) is 7.33. The minimum Gasteiger partial charge on any atom is -0.350 e. The molecule has 0 saturated carbocycles. The summed E-state index contributed by atoms with van der Waals surface area (Å²) in [5, 5.41) is 5.80. The second kappa shape index (κ2) is 6.89. The highest BCUT2D eigenvalue weighted by molar-refractivity contribution is 5.75. The number of amides is 1. The van der Waals surface area contributed by atoms with Gasteiger partial charge in [0, 0.05) is 12.6 Å². The van der Waals surface area contributed by atoms with Crippen LogP contribution in [0.4, 0.5) is 0 Å². The van der Waals surface area contributed by atoms with Gasteiger partial charge in [-0.3, -0.25) is 4.79 Å². The molecule has 1 aromatic rings. The standard InChI is InChI=1S/C10H16N4O/c1-11-5-2-3-10(15)13-7-9-4-6-12-8-14-9/h4,6,8,11H,2-3,5,7H2,1H3,(H,13,15). The number of carbonyl (C=O) groups is 1. The molecule has 1 aromatic heterocycles. The van der Waals surface area contributed by atoms with Crippen LogP contribution in [0, 0.1) is 0 Å². The minimum absolute atomic E-state index is 0.0591. The molecule has 5 heteroatoms. The highest BCUT2D eigenvalue weighted by Gasteiger charge is 2.00. The lowest BCUT2D eigenvalue weighted by molar-refractivity contribution is -0.121. The lowest BCUT2D eigenvalue weighted by Crippen LogP contribution is -2.24. The Morgan fingerprint density at radius 3 is 3.07 bits per heavy atom.